The molecule has 0 aliphatic heterocycles. The average molecular weight is 270 g/mol. The largest absolute Gasteiger partial charge is 0.493 e. The highest BCUT2D eigenvalue weighted by molar-refractivity contribution is 6.32. The molecule has 18 heavy (non-hydrogen) atoms. The van der Waals surface area contributed by atoms with E-state index in [1.807, 2.05) is 19.1 Å². The molecule has 0 saturated carbocycles. The van der Waals surface area contributed by atoms with Crippen LogP contribution in [0.1, 0.15) is 18.9 Å². The summed E-state index contributed by atoms with van der Waals surface area (Å²) >= 11 is 6.20. The smallest absolute Gasteiger partial charge is 0.180 e. The van der Waals surface area contributed by atoms with E-state index in [0.29, 0.717) is 29.7 Å². The van der Waals surface area contributed by atoms with Crippen LogP contribution in [-0.2, 0) is 6.42 Å². The van der Waals surface area contributed by atoms with Gasteiger partial charge in [-0.3, -0.25) is 0 Å². The van der Waals surface area contributed by atoms with E-state index in [0.717, 1.165) is 24.0 Å². The molecule has 0 aliphatic carbocycles. The van der Waals surface area contributed by atoms with Crippen molar-refractivity contribution in [1.29, 1.82) is 0 Å². The second-order valence-electron chi connectivity index (χ2n) is 4.04. The minimum absolute atomic E-state index is 0.447. The first-order chi connectivity index (χ1) is 8.62. The maximum atomic E-state index is 6.20. The molecule has 0 bridgehead atoms. The Morgan fingerprint density at radius 3 is 2.72 bits per heavy atom. The Balaban J connectivity index is 2.92. The summed E-state index contributed by atoms with van der Waals surface area (Å²) in [6.07, 6.45) is 1.64. The summed E-state index contributed by atoms with van der Waals surface area (Å²) in [5, 5.41) is 0.543. The number of hydrogen-bond acceptors (Lipinski definition) is 3. The van der Waals surface area contributed by atoms with Gasteiger partial charge in [0.15, 0.2) is 11.5 Å². The fourth-order valence-electron chi connectivity index (χ4n) is 1.50. The van der Waals surface area contributed by atoms with Gasteiger partial charge < -0.3 is 15.2 Å². The van der Waals surface area contributed by atoms with Crippen molar-refractivity contribution in [3.05, 3.63) is 34.9 Å². The zero-order valence-corrected chi connectivity index (χ0v) is 11.7. The molecule has 0 saturated heterocycles. The number of halogens is 1. The Labute approximate surface area is 114 Å². The topological polar surface area (TPSA) is 44.5 Å². The van der Waals surface area contributed by atoms with Gasteiger partial charge >= 0.3 is 0 Å². The van der Waals surface area contributed by atoms with Crippen LogP contribution < -0.4 is 15.2 Å². The first-order valence-electron chi connectivity index (χ1n) is 5.98. The van der Waals surface area contributed by atoms with E-state index in [4.69, 9.17) is 26.8 Å². The molecule has 2 N–H and O–H groups in total. The molecule has 1 aromatic rings. The molecule has 1 rings (SSSR count). The van der Waals surface area contributed by atoms with Gasteiger partial charge in [-0.25, -0.2) is 0 Å². The fraction of sp³-hybridized carbons (Fsp3) is 0.429. The molecule has 3 nitrogen and oxygen atoms in total. The van der Waals surface area contributed by atoms with Gasteiger partial charge in [0.25, 0.3) is 0 Å². The predicted octanol–water partition coefficient (Wildman–Crippen LogP) is 3.19. The fourth-order valence-corrected chi connectivity index (χ4v) is 1.79. The lowest BCUT2D eigenvalue weighted by molar-refractivity contribution is 0.317. The monoisotopic (exact) mass is 269 g/mol. The van der Waals surface area contributed by atoms with Gasteiger partial charge in [-0.2, -0.15) is 0 Å². The number of rotatable bonds is 7. The van der Waals surface area contributed by atoms with Crippen LogP contribution in [0.4, 0.5) is 0 Å². The Hall–Kier alpha value is -1.19. The number of nitrogens with two attached hydrogens (primary N) is 1. The van der Waals surface area contributed by atoms with Crippen molar-refractivity contribution in [3.63, 3.8) is 0 Å². The van der Waals surface area contributed by atoms with Crippen molar-refractivity contribution in [1.82, 2.24) is 0 Å². The first kappa shape index (κ1) is 14.9. The molecule has 0 atom stereocenters. The van der Waals surface area contributed by atoms with Crippen molar-refractivity contribution in [2.45, 2.75) is 19.8 Å². The molecule has 0 radical (unpaired) electrons. The van der Waals surface area contributed by atoms with E-state index >= 15 is 0 Å². The van der Waals surface area contributed by atoms with Crippen LogP contribution in [0.2, 0.25) is 5.02 Å². The highest BCUT2D eigenvalue weighted by atomic mass is 35.5. The Bertz CT molecular complexity index is 419. The summed E-state index contributed by atoms with van der Waals surface area (Å²) in [6, 6.07) is 3.77. The van der Waals surface area contributed by atoms with Crippen LogP contribution in [-0.4, -0.2) is 20.3 Å². The van der Waals surface area contributed by atoms with Gasteiger partial charge in [-0.05, 0) is 42.7 Å². The van der Waals surface area contributed by atoms with Crippen LogP contribution in [0.25, 0.3) is 0 Å². The van der Waals surface area contributed by atoms with E-state index in [1.54, 1.807) is 7.11 Å². The van der Waals surface area contributed by atoms with E-state index in [1.165, 1.54) is 0 Å². The standard InChI is InChI=1S/C14H20ClNO2/c1-4-10(2)9-18-14-12(15)7-11(5-6-16)8-13(14)17-3/h7-8H,2,4-6,9,16H2,1,3H3. The minimum Gasteiger partial charge on any atom is -0.493 e. The minimum atomic E-state index is 0.447. The Morgan fingerprint density at radius 2 is 2.17 bits per heavy atom. The SMILES string of the molecule is C=C(CC)COc1c(Cl)cc(CCN)cc1OC. The lowest BCUT2D eigenvalue weighted by atomic mass is 10.1. The van der Waals surface area contributed by atoms with Crippen LogP contribution in [0.5, 0.6) is 11.5 Å². The first-order valence-corrected chi connectivity index (χ1v) is 6.36. The average Bonchev–Trinajstić information content (AvgIpc) is 2.36. The summed E-state index contributed by atoms with van der Waals surface area (Å²) < 4.78 is 11.0. The molecule has 0 amide bonds. The van der Waals surface area contributed by atoms with Gasteiger partial charge in [0.2, 0.25) is 0 Å². The van der Waals surface area contributed by atoms with Gasteiger partial charge in [-0.15, -0.1) is 0 Å². The lowest BCUT2D eigenvalue weighted by Gasteiger charge is -2.14. The second-order valence-corrected chi connectivity index (χ2v) is 4.45. The van der Waals surface area contributed by atoms with E-state index < -0.39 is 0 Å². The van der Waals surface area contributed by atoms with Crippen molar-refractivity contribution in [2.24, 2.45) is 5.73 Å². The molecule has 0 unspecified atom stereocenters. The third kappa shape index (κ3) is 3.93. The molecule has 0 fully saturated rings. The summed E-state index contributed by atoms with van der Waals surface area (Å²) in [7, 11) is 1.60. The maximum Gasteiger partial charge on any atom is 0.180 e. The van der Waals surface area contributed by atoms with E-state index in [-0.39, 0.29) is 0 Å². The zero-order chi connectivity index (χ0) is 13.5. The van der Waals surface area contributed by atoms with Crippen LogP contribution in [0.15, 0.2) is 24.3 Å². The van der Waals surface area contributed by atoms with Crippen LogP contribution in [0.3, 0.4) is 0 Å². The van der Waals surface area contributed by atoms with E-state index in [2.05, 4.69) is 6.58 Å². The maximum absolute atomic E-state index is 6.20. The molecule has 4 heteroatoms. The molecule has 0 heterocycles. The summed E-state index contributed by atoms with van der Waals surface area (Å²) in [5.41, 5.74) is 7.59. The zero-order valence-electron chi connectivity index (χ0n) is 11.0. The van der Waals surface area contributed by atoms with Crippen molar-refractivity contribution >= 4 is 11.6 Å². The van der Waals surface area contributed by atoms with Gasteiger partial charge in [0.1, 0.15) is 6.61 Å². The number of ether oxygens (including phenoxy) is 2. The molecular weight excluding hydrogens is 250 g/mol. The van der Waals surface area contributed by atoms with E-state index in [9.17, 15) is 0 Å². The molecule has 0 spiro atoms. The third-order valence-electron chi connectivity index (χ3n) is 2.64. The van der Waals surface area contributed by atoms with Crippen LogP contribution >= 0.6 is 11.6 Å². The number of benzene rings is 1. The molecule has 1 aromatic carbocycles. The second kappa shape index (κ2) is 7.29. The van der Waals surface area contributed by atoms with Crippen molar-refractivity contribution in [2.75, 3.05) is 20.3 Å². The summed E-state index contributed by atoms with van der Waals surface area (Å²) in [6.45, 7) is 6.95. The van der Waals surface area contributed by atoms with Crippen LogP contribution in [0, 0.1) is 0 Å². The third-order valence-corrected chi connectivity index (χ3v) is 2.92. The van der Waals surface area contributed by atoms with Crippen molar-refractivity contribution in [3.8, 4) is 11.5 Å². The summed E-state index contributed by atoms with van der Waals surface area (Å²) in [4.78, 5) is 0. The van der Waals surface area contributed by atoms with Gasteiger partial charge in [0, 0.05) is 0 Å². The highest BCUT2D eigenvalue weighted by Crippen LogP contribution is 2.36. The molecule has 0 aliphatic rings. The highest BCUT2D eigenvalue weighted by Gasteiger charge is 2.12. The number of methoxy groups -OCH3 is 1. The van der Waals surface area contributed by atoms with Gasteiger partial charge in [-0.1, -0.05) is 25.1 Å². The van der Waals surface area contributed by atoms with Crippen molar-refractivity contribution < 1.29 is 9.47 Å². The lowest BCUT2D eigenvalue weighted by Crippen LogP contribution is -2.05. The van der Waals surface area contributed by atoms with Gasteiger partial charge in [0.05, 0.1) is 12.1 Å². The molecule has 100 valence electrons. The number of hydrogen-bond donors (Lipinski definition) is 1. The normalized spacial score (nSPS) is 10.2. The predicted molar refractivity (Wildman–Crippen MR) is 75.7 cm³/mol. The molecular formula is C14H20ClNO2. The quantitative estimate of drug-likeness (QED) is 0.773. The molecule has 0 aromatic heterocycles. The Kier molecular flexibility index (Phi) is 6.02. The summed E-state index contributed by atoms with van der Waals surface area (Å²) in [5.74, 6) is 1.20. The Morgan fingerprint density at radius 1 is 1.44 bits per heavy atom.